The highest BCUT2D eigenvalue weighted by Crippen LogP contribution is 2.18. The van der Waals surface area contributed by atoms with E-state index in [4.69, 9.17) is 0 Å². The molecule has 0 aliphatic carbocycles. The monoisotopic (exact) mass is 209 g/mol. The fraction of sp³-hybridized carbons (Fsp3) is 0.455. The van der Waals surface area contributed by atoms with Crippen LogP contribution in [0.4, 0.5) is 4.39 Å². The van der Waals surface area contributed by atoms with Crippen LogP contribution in [-0.2, 0) is 0 Å². The number of nitrogens with zero attached hydrogens (tertiary/aromatic N) is 3. The Morgan fingerprint density at radius 1 is 1.40 bits per heavy atom. The molecular formula is C11H16FN3. The van der Waals surface area contributed by atoms with Gasteiger partial charge in [0.1, 0.15) is 0 Å². The molecule has 0 atom stereocenters. The Bertz CT molecular complexity index is 377. The van der Waals surface area contributed by atoms with Crippen LogP contribution in [0.15, 0.2) is 22.2 Å². The van der Waals surface area contributed by atoms with Crippen molar-refractivity contribution in [2.24, 2.45) is 15.5 Å². The second-order valence-corrected chi connectivity index (χ2v) is 4.44. The highest BCUT2D eigenvalue weighted by molar-refractivity contribution is 5.90. The Morgan fingerprint density at radius 3 is 2.33 bits per heavy atom. The first-order valence-corrected chi connectivity index (χ1v) is 4.76. The maximum atomic E-state index is 13.3. The molecule has 0 amide bonds. The molecule has 0 saturated carbocycles. The summed E-state index contributed by atoms with van der Waals surface area (Å²) in [5.41, 5.74) is 0.489. The minimum atomic E-state index is -0.391. The average Bonchev–Trinajstić information content (AvgIpc) is 2.41. The molecule has 0 radical (unpaired) electrons. The molecule has 0 saturated heterocycles. The molecule has 1 heterocycles. The van der Waals surface area contributed by atoms with Crippen LogP contribution in [0.2, 0.25) is 0 Å². The molecule has 0 aliphatic rings. The molecule has 0 spiro atoms. The van der Waals surface area contributed by atoms with Gasteiger partial charge in [-0.05, 0) is 25.8 Å². The van der Waals surface area contributed by atoms with Gasteiger partial charge in [0, 0.05) is 11.1 Å². The van der Waals surface area contributed by atoms with Gasteiger partial charge in [-0.1, -0.05) is 20.8 Å². The molecule has 15 heavy (non-hydrogen) atoms. The van der Waals surface area contributed by atoms with Crippen molar-refractivity contribution in [2.45, 2.75) is 27.7 Å². The first-order chi connectivity index (χ1) is 6.86. The number of halogens is 1. The smallest absolute Gasteiger partial charge is 0.214 e. The standard InChI is InChI=1S/C11H16FN3/c1-8-6-7-9(12)15(8)14-10(13-5)11(2,3)4/h6-7H,5H2,1-4H3/b14-10-. The van der Waals surface area contributed by atoms with Crippen molar-refractivity contribution in [3.63, 3.8) is 0 Å². The van der Waals surface area contributed by atoms with E-state index in [1.807, 2.05) is 20.8 Å². The van der Waals surface area contributed by atoms with Gasteiger partial charge in [-0.2, -0.15) is 9.49 Å². The van der Waals surface area contributed by atoms with Gasteiger partial charge in [0.2, 0.25) is 5.95 Å². The second kappa shape index (κ2) is 3.96. The average molecular weight is 209 g/mol. The van der Waals surface area contributed by atoms with E-state index in [9.17, 15) is 4.39 Å². The summed E-state index contributed by atoms with van der Waals surface area (Å²) < 4.78 is 14.5. The molecule has 1 rings (SSSR count). The van der Waals surface area contributed by atoms with Gasteiger partial charge in [-0.15, -0.1) is 0 Å². The molecule has 4 heteroatoms. The molecule has 0 bridgehead atoms. The summed E-state index contributed by atoms with van der Waals surface area (Å²) in [7, 11) is 0. The maximum absolute atomic E-state index is 13.3. The third kappa shape index (κ3) is 2.52. The Balaban J connectivity index is 3.20. The zero-order chi connectivity index (χ0) is 11.6. The fourth-order valence-corrected chi connectivity index (χ4v) is 1.14. The topological polar surface area (TPSA) is 29.6 Å². The lowest BCUT2D eigenvalue weighted by Gasteiger charge is -2.17. The van der Waals surface area contributed by atoms with Crippen LogP contribution in [0, 0.1) is 18.3 Å². The van der Waals surface area contributed by atoms with Crippen LogP contribution in [0.25, 0.3) is 0 Å². The fourth-order valence-electron chi connectivity index (χ4n) is 1.14. The summed E-state index contributed by atoms with van der Waals surface area (Å²) in [6.07, 6.45) is 0. The predicted octanol–water partition coefficient (Wildman–Crippen LogP) is 2.84. The van der Waals surface area contributed by atoms with Crippen LogP contribution in [0.5, 0.6) is 0 Å². The van der Waals surface area contributed by atoms with Gasteiger partial charge in [0.15, 0.2) is 5.84 Å². The second-order valence-electron chi connectivity index (χ2n) is 4.44. The largest absolute Gasteiger partial charge is 0.247 e. The number of amidine groups is 1. The van der Waals surface area contributed by atoms with Gasteiger partial charge in [-0.25, -0.2) is 9.67 Å². The summed E-state index contributed by atoms with van der Waals surface area (Å²) in [6, 6.07) is 3.05. The van der Waals surface area contributed by atoms with Crippen LogP contribution in [-0.4, -0.2) is 17.2 Å². The molecular weight excluding hydrogens is 193 g/mol. The van der Waals surface area contributed by atoms with Gasteiger partial charge in [-0.3, -0.25) is 0 Å². The van der Waals surface area contributed by atoms with Gasteiger partial charge >= 0.3 is 0 Å². The predicted molar refractivity (Wildman–Crippen MR) is 61.0 cm³/mol. The Morgan fingerprint density at radius 2 is 2.00 bits per heavy atom. The van der Waals surface area contributed by atoms with Crippen molar-refractivity contribution in [2.75, 3.05) is 0 Å². The van der Waals surface area contributed by atoms with E-state index in [-0.39, 0.29) is 5.41 Å². The maximum Gasteiger partial charge on any atom is 0.214 e. The van der Waals surface area contributed by atoms with Crippen LogP contribution >= 0.6 is 0 Å². The summed E-state index contributed by atoms with van der Waals surface area (Å²) in [5, 5.41) is 4.14. The molecule has 0 unspecified atom stereocenters. The van der Waals surface area contributed by atoms with E-state index in [1.54, 1.807) is 13.0 Å². The zero-order valence-corrected chi connectivity index (χ0v) is 9.58. The first kappa shape index (κ1) is 11.6. The number of aromatic nitrogens is 1. The number of hydrogen-bond donors (Lipinski definition) is 0. The van der Waals surface area contributed by atoms with E-state index in [2.05, 4.69) is 16.8 Å². The van der Waals surface area contributed by atoms with Crippen molar-refractivity contribution in [1.29, 1.82) is 0 Å². The molecule has 82 valence electrons. The number of aryl methyl sites for hydroxylation is 1. The first-order valence-electron chi connectivity index (χ1n) is 4.76. The molecule has 1 aromatic rings. The third-order valence-electron chi connectivity index (χ3n) is 2.01. The Hall–Kier alpha value is -1.45. The van der Waals surface area contributed by atoms with Crippen molar-refractivity contribution in [1.82, 2.24) is 4.68 Å². The molecule has 0 aliphatic heterocycles. The highest BCUT2D eigenvalue weighted by atomic mass is 19.1. The van der Waals surface area contributed by atoms with Crippen molar-refractivity contribution < 1.29 is 4.39 Å². The lowest BCUT2D eigenvalue weighted by molar-refractivity contribution is 0.512. The van der Waals surface area contributed by atoms with Crippen LogP contribution in [0.1, 0.15) is 26.5 Å². The highest BCUT2D eigenvalue weighted by Gasteiger charge is 2.18. The van der Waals surface area contributed by atoms with E-state index < -0.39 is 5.95 Å². The van der Waals surface area contributed by atoms with E-state index in [0.29, 0.717) is 5.84 Å². The molecule has 0 N–H and O–H groups in total. The summed E-state index contributed by atoms with van der Waals surface area (Å²) >= 11 is 0. The van der Waals surface area contributed by atoms with Crippen molar-refractivity contribution >= 4 is 12.6 Å². The van der Waals surface area contributed by atoms with E-state index >= 15 is 0 Å². The summed E-state index contributed by atoms with van der Waals surface area (Å²) in [6.45, 7) is 11.1. The third-order valence-corrected chi connectivity index (χ3v) is 2.01. The minimum Gasteiger partial charge on any atom is -0.247 e. The van der Waals surface area contributed by atoms with Crippen LogP contribution in [0.3, 0.4) is 0 Å². The molecule has 3 nitrogen and oxygen atoms in total. The van der Waals surface area contributed by atoms with E-state index in [1.165, 1.54) is 10.7 Å². The lowest BCUT2D eigenvalue weighted by atomic mass is 9.95. The SMILES string of the molecule is C=N/C(=N\n1c(C)ccc1F)C(C)(C)C. The normalized spacial score (nSPS) is 13.0. The quantitative estimate of drug-likeness (QED) is 0.503. The van der Waals surface area contributed by atoms with Gasteiger partial charge in [0.05, 0.1) is 0 Å². The number of hydrogen-bond acceptors (Lipinski definition) is 1. The van der Waals surface area contributed by atoms with Gasteiger partial charge in [0.25, 0.3) is 0 Å². The lowest BCUT2D eigenvalue weighted by Crippen LogP contribution is -2.19. The van der Waals surface area contributed by atoms with Crippen molar-refractivity contribution in [3.8, 4) is 0 Å². The Kier molecular flexibility index (Phi) is 3.07. The molecule has 0 fully saturated rings. The minimum absolute atomic E-state index is 0.245. The van der Waals surface area contributed by atoms with Crippen molar-refractivity contribution in [3.05, 3.63) is 23.8 Å². The van der Waals surface area contributed by atoms with Gasteiger partial charge < -0.3 is 0 Å². The molecule has 1 aromatic heterocycles. The number of rotatable bonds is 1. The number of aliphatic imine (C=N–C) groups is 1. The summed E-state index contributed by atoms with van der Waals surface area (Å²) in [4.78, 5) is 3.83. The molecule has 0 aromatic carbocycles. The summed E-state index contributed by atoms with van der Waals surface area (Å²) in [5.74, 6) is 0.124. The zero-order valence-electron chi connectivity index (χ0n) is 9.58. The van der Waals surface area contributed by atoms with E-state index in [0.717, 1.165) is 5.69 Å². The Labute approximate surface area is 89.3 Å². The van der Waals surface area contributed by atoms with Crippen LogP contribution < -0.4 is 0 Å².